The molecule has 4 aliphatic heterocycles. The quantitative estimate of drug-likeness (QED) is 0.0211. The molecule has 32 heteroatoms. The molecule has 27 nitrogen and oxygen atoms in total. The molecule has 0 radical (unpaired) electrons. The van der Waals surface area contributed by atoms with Crippen molar-refractivity contribution < 1.29 is 58.2 Å². The number of carboxylic acids is 2. The summed E-state index contributed by atoms with van der Waals surface area (Å²) in [6, 6.07) is -1.96. The van der Waals surface area contributed by atoms with E-state index in [1.54, 1.807) is 0 Å². The van der Waals surface area contributed by atoms with Gasteiger partial charge in [-0.05, 0) is 5.57 Å². The number of rotatable bonds is 15. The molecular formula is C34H35N13O14S5. The minimum Gasteiger partial charge on any atom is -0.477 e. The number of nitrogen functional groups attached to an aromatic ring is 2. The van der Waals surface area contributed by atoms with Gasteiger partial charge in [0, 0.05) is 47.6 Å². The molecule has 9 N–H and O–H groups in total. The standard InChI is InChI=1S/C18H18N8O7S3.C16H17N5O7S2/c1-25-18(22-12(28)13(29)23-25)36-4-6-3-34-15-9(14(30)26(15)10(6)16(31)32)21-11(27)8(24-33-2)7-5-35-17(19)20-7;1-6(22)28-3-7-4-29-14-10(13(24)21(14)11(7)15(25)26)19-12(23)9(20-27-2)8-5-30-16(17)18-8/h5,9,15H,3-4H2,1-2H3,(H2,19,20)(H,21,27)(H,23,29)(H,31,32);5,10,14H,3-4H2,1-2H3,(H2,17,18)(H,19,23)(H,25,26)/b24-8-;20-9+/t9-,15-;10-,14-/m11/s1. The van der Waals surface area contributed by atoms with Gasteiger partial charge in [0.15, 0.2) is 26.8 Å². The third-order valence-corrected chi connectivity index (χ3v) is 14.3. The number of esters is 1. The zero-order valence-electron chi connectivity index (χ0n) is 34.4. The molecule has 7 rings (SSSR count). The number of aromatic amines is 1. The maximum Gasteiger partial charge on any atom is 0.352 e. The number of aliphatic carboxylic acids is 2. The number of carbonyl (C=O) groups is 7. The molecule has 0 unspecified atom stereocenters. The number of hydrogen-bond acceptors (Lipinski definition) is 24. The average Bonchev–Trinajstić information content (AvgIpc) is 3.91. The highest BCUT2D eigenvalue weighted by atomic mass is 32.2. The molecule has 0 aromatic carbocycles. The van der Waals surface area contributed by atoms with Gasteiger partial charge in [-0.3, -0.25) is 53.1 Å². The zero-order chi connectivity index (χ0) is 48.1. The maximum absolute atomic E-state index is 12.9. The van der Waals surface area contributed by atoms with Crippen molar-refractivity contribution in [3.05, 3.63) is 65.4 Å². The maximum atomic E-state index is 12.9. The number of ether oxygens (including phenoxy) is 1. The van der Waals surface area contributed by atoms with Crippen molar-refractivity contribution in [1.29, 1.82) is 0 Å². The Bertz CT molecular complexity index is 2760. The molecule has 2 fully saturated rings. The Morgan fingerprint density at radius 3 is 1.71 bits per heavy atom. The number of nitrogens with one attached hydrogen (secondary N) is 3. The van der Waals surface area contributed by atoms with Crippen molar-refractivity contribution >= 4 is 121 Å². The van der Waals surface area contributed by atoms with Crippen LogP contribution in [0.2, 0.25) is 0 Å². The normalized spacial score (nSPS) is 20.2. The highest BCUT2D eigenvalue weighted by Gasteiger charge is 2.56. The van der Waals surface area contributed by atoms with E-state index in [1.165, 1.54) is 67.2 Å². The largest absolute Gasteiger partial charge is 0.477 e. The molecule has 0 saturated carbocycles. The summed E-state index contributed by atoms with van der Waals surface area (Å²) in [6.07, 6.45) is 0. The van der Waals surface area contributed by atoms with Gasteiger partial charge in [0.2, 0.25) is 0 Å². The number of β-lactam (4-membered cyclic amide) rings is 2. The fourth-order valence-corrected chi connectivity index (χ4v) is 11.1. The number of nitrogens with two attached hydrogens (primary N) is 2. The van der Waals surface area contributed by atoms with Crippen molar-refractivity contribution in [1.82, 2.24) is 45.2 Å². The van der Waals surface area contributed by atoms with Crippen molar-refractivity contribution in [3.63, 3.8) is 0 Å². The van der Waals surface area contributed by atoms with Crippen LogP contribution in [0, 0.1) is 0 Å². The molecule has 4 amide bonds. The van der Waals surface area contributed by atoms with E-state index < -0.39 is 75.5 Å². The van der Waals surface area contributed by atoms with Crippen LogP contribution in [0.1, 0.15) is 18.3 Å². The van der Waals surface area contributed by atoms with E-state index in [9.17, 15) is 53.4 Å². The smallest absolute Gasteiger partial charge is 0.352 e. The van der Waals surface area contributed by atoms with Gasteiger partial charge < -0.3 is 46.7 Å². The average molecular weight is 1010 g/mol. The van der Waals surface area contributed by atoms with Gasteiger partial charge in [-0.25, -0.2) is 19.6 Å². The Kier molecular flexibility index (Phi) is 15.2. The molecule has 7 heterocycles. The Hall–Kier alpha value is -6.77. The van der Waals surface area contributed by atoms with Gasteiger partial charge in [-0.1, -0.05) is 22.1 Å². The fourth-order valence-electron chi connectivity index (χ4n) is 6.32. The lowest BCUT2D eigenvalue weighted by molar-refractivity contribution is -0.150. The van der Waals surface area contributed by atoms with Gasteiger partial charge in [0.25, 0.3) is 23.6 Å². The lowest BCUT2D eigenvalue weighted by Gasteiger charge is -2.49. The van der Waals surface area contributed by atoms with Crippen molar-refractivity contribution in [2.45, 2.75) is 34.9 Å². The van der Waals surface area contributed by atoms with Crippen molar-refractivity contribution in [3.8, 4) is 0 Å². The first-order chi connectivity index (χ1) is 31.4. The number of carboxylic acid groups (broad SMARTS) is 2. The number of H-pyrrole nitrogens is 1. The number of aromatic nitrogens is 5. The first-order valence-electron chi connectivity index (χ1n) is 18.4. The Morgan fingerprint density at radius 2 is 1.29 bits per heavy atom. The predicted octanol–water partition coefficient (Wildman–Crippen LogP) is -2.23. The van der Waals surface area contributed by atoms with Gasteiger partial charge in [-0.15, -0.1) is 46.2 Å². The number of anilines is 2. The van der Waals surface area contributed by atoms with E-state index in [-0.39, 0.29) is 73.5 Å². The second-order valence-electron chi connectivity index (χ2n) is 13.4. The Morgan fingerprint density at radius 1 is 0.818 bits per heavy atom. The summed E-state index contributed by atoms with van der Waals surface area (Å²) in [7, 11) is 3.99. The topological polar surface area (TPSA) is 388 Å². The minimum absolute atomic E-state index is 0.102. The third-order valence-electron chi connectivity index (χ3n) is 9.17. The van der Waals surface area contributed by atoms with Crippen LogP contribution >= 0.6 is 58.0 Å². The first kappa shape index (κ1) is 48.7. The van der Waals surface area contributed by atoms with Crippen LogP contribution in [0.4, 0.5) is 10.3 Å². The minimum atomic E-state index is -1.32. The number of thioether (sulfide) groups is 3. The number of thiazole rings is 2. The molecule has 0 bridgehead atoms. The first-order valence-corrected chi connectivity index (χ1v) is 23.2. The fraction of sp³-hybridized carbons (Fsp3) is 0.353. The molecule has 3 aromatic rings. The third kappa shape index (κ3) is 10.2. The molecule has 3 aromatic heterocycles. The van der Waals surface area contributed by atoms with E-state index in [1.807, 2.05) is 0 Å². The van der Waals surface area contributed by atoms with Gasteiger partial charge in [-0.2, -0.15) is 4.98 Å². The molecule has 4 atom stereocenters. The summed E-state index contributed by atoms with van der Waals surface area (Å²) in [5.74, 6) is -5.28. The summed E-state index contributed by atoms with van der Waals surface area (Å²) >= 11 is 5.76. The highest BCUT2D eigenvalue weighted by Crippen LogP contribution is 2.42. The van der Waals surface area contributed by atoms with Crippen LogP contribution in [-0.2, 0) is 55.0 Å². The van der Waals surface area contributed by atoms with Crippen LogP contribution in [0.25, 0.3) is 0 Å². The molecule has 4 aliphatic rings. The second-order valence-corrected chi connectivity index (χ2v) is 18.3. The lowest BCUT2D eigenvalue weighted by Crippen LogP contribution is -2.71. The summed E-state index contributed by atoms with van der Waals surface area (Å²) < 4.78 is 6.13. The zero-order valence-corrected chi connectivity index (χ0v) is 38.4. The van der Waals surface area contributed by atoms with Gasteiger partial charge in [0.1, 0.15) is 66.4 Å². The van der Waals surface area contributed by atoms with Crippen LogP contribution in [-0.4, -0.2) is 159 Å². The number of nitrogens with zero attached hydrogens (tertiary/aromatic N) is 8. The monoisotopic (exact) mass is 1010 g/mol. The number of carbonyl (C=O) groups excluding carboxylic acids is 5. The Labute approximate surface area is 390 Å². The van der Waals surface area contributed by atoms with E-state index >= 15 is 0 Å². The molecule has 66 heavy (non-hydrogen) atoms. The summed E-state index contributed by atoms with van der Waals surface area (Å²) in [5.41, 5.74) is 9.66. The molecular weight excluding hydrogens is 975 g/mol. The second kappa shape index (κ2) is 20.6. The number of oxime groups is 2. The number of hydrogen-bond donors (Lipinski definition) is 7. The molecule has 350 valence electrons. The summed E-state index contributed by atoms with van der Waals surface area (Å²) in [6.45, 7) is 0.975. The van der Waals surface area contributed by atoms with E-state index in [0.29, 0.717) is 11.1 Å². The van der Waals surface area contributed by atoms with Gasteiger partial charge in [0.05, 0.1) is 0 Å². The van der Waals surface area contributed by atoms with E-state index in [4.69, 9.17) is 21.0 Å². The summed E-state index contributed by atoms with van der Waals surface area (Å²) in [4.78, 5) is 132. The highest BCUT2D eigenvalue weighted by molar-refractivity contribution is 8.01. The molecule has 0 spiro atoms. The van der Waals surface area contributed by atoms with Crippen LogP contribution in [0.15, 0.2) is 58.4 Å². The SMILES string of the molecule is CO/N=C(/C(=O)N[C@@H]1C(=O)N2C(C(=O)O)=C(COC(C)=O)CS[C@H]12)c1csc(N)n1.CO/N=C(\C(=O)N[C@@H]1C(=O)N2C(C(=O)O)=C(CSc3nc(=O)c(=O)[nH]n3C)CS[C@H]12)c1csc(N)n1. The predicted molar refractivity (Wildman–Crippen MR) is 237 cm³/mol. The van der Waals surface area contributed by atoms with Crippen molar-refractivity contribution in [2.24, 2.45) is 17.4 Å². The van der Waals surface area contributed by atoms with Crippen LogP contribution in [0.3, 0.4) is 0 Å². The van der Waals surface area contributed by atoms with Crippen LogP contribution < -0.4 is 33.2 Å². The van der Waals surface area contributed by atoms with E-state index in [2.05, 4.69) is 45.8 Å². The summed E-state index contributed by atoms with van der Waals surface area (Å²) in [5, 5.41) is 36.5. The van der Waals surface area contributed by atoms with E-state index in [0.717, 1.165) is 44.2 Å². The molecule has 0 aliphatic carbocycles. The van der Waals surface area contributed by atoms with Crippen molar-refractivity contribution in [2.75, 3.05) is 49.6 Å². The number of fused-ring (bicyclic) bond motifs is 2. The molecule has 2 saturated heterocycles. The lowest BCUT2D eigenvalue weighted by atomic mass is 10.0. The number of amides is 4. The van der Waals surface area contributed by atoms with Gasteiger partial charge >= 0.3 is 29.0 Å². The number of aryl methyl sites for hydroxylation is 1. The Balaban J connectivity index is 0.000000222. The van der Waals surface area contributed by atoms with Crippen LogP contribution in [0.5, 0.6) is 0 Å².